The highest BCUT2D eigenvalue weighted by Crippen LogP contribution is 2.30. The molecule has 0 saturated heterocycles. The molecule has 0 heterocycles. The fraction of sp³-hybridized carbons (Fsp3) is 0.316. The van der Waals surface area contributed by atoms with Gasteiger partial charge in [-0.1, -0.05) is 36.7 Å². The van der Waals surface area contributed by atoms with Crippen LogP contribution in [0.25, 0.3) is 0 Å². The van der Waals surface area contributed by atoms with E-state index in [-0.39, 0.29) is 11.9 Å². The van der Waals surface area contributed by atoms with Gasteiger partial charge in [-0.3, -0.25) is 4.79 Å². The molecule has 2 aromatic rings. The number of hydrogen-bond donors (Lipinski definition) is 1. The fourth-order valence-corrected chi connectivity index (χ4v) is 2.65. The van der Waals surface area contributed by atoms with E-state index in [2.05, 4.69) is 5.32 Å². The van der Waals surface area contributed by atoms with E-state index in [1.807, 2.05) is 37.3 Å². The molecule has 0 aromatic heterocycles. The number of benzene rings is 2. The van der Waals surface area contributed by atoms with Gasteiger partial charge in [-0.15, -0.1) is 0 Å². The zero-order chi connectivity index (χ0) is 17.5. The average Bonchev–Trinajstić information content (AvgIpc) is 2.61. The normalized spacial score (nSPS) is 11.7. The highest BCUT2D eigenvalue weighted by atomic mass is 35.5. The first-order chi connectivity index (χ1) is 11.6. The largest absolute Gasteiger partial charge is 0.493 e. The molecule has 24 heavy (non-hydrogen) atoms. The van der Waals surface area contributed by atoms with E-state index in [1.54, 1.807) is 26.4 Å². The standard InChI is InChI=1S/C19H22ClNO3/c1-4-16(14-7-10-17(23-2)18(12-14)24-3)21-19(22)11-13-5-8-15(20)9-6-13/h5-10,12,16H,4,11H2,1-3H3,(H,21,22)/t16-/m0/s1. The van der Waals surface area contributed by atoms with Crippen molar-refractivity contribution >= 4 is 17.5 Å². The van der Waals surface area contributed by atoms with Gasteiger partial charge in [0.15, 0.2) is 11.5 Å². The summed E-state index contributed by atoms with van der Waals surface area (Å²) in [5.74, 6) is 1.29. The topological polar surface area (TPSA) is 47.6 Å². The Morgan fingerprint density at radius 2 is 1.75 bits per heavy atom. The Labute approximate surface area is 147 Å². The third-order valence-corrected chi connectivity index (χ3v) is 4.08. The van der Waals surface area contributed by atoms with Crippen LogP contribution < -0.4 is 14.8 Å². The Kier molecular flexibility index (Phi) is 6.50. The van der Waals surface area contributed by atoms with Crippen LogP contribution in [0.5, 0.6) is 11.5 Å². The molecule has 1 atom stereocenters. The van der Waals surface area contributed by atoms with Gasteiger partial charge in [0.05, 0.1) is 26.7 Å². The van der Waals surface area contributed by atoms with Crippen LogP contribution in [-0.2, 0) is 11.2 Å². The molecule has 2 rings (SSSR count). The molecule has 4 nitrogen and oxygen atoms in total. The highest BCUT2D eigenvalue weighted by Gasteiger charge is 2.15. The minimum atomic E-state index is -0.0791. The quantitative estimate of drug-likeness (QED) is 0.817. The lowest BCUT2D eigenvalue weighted by atomic mass is 10.0. The summed E-state index contributed by atoms with van der Waals surface area (Å²) in [5.41, 5.74) is 1.92. The third-order valence-electron chi connectivity index (χ3n) is 3.83. The van der Waals surface area contributed by atoms with Gasteiger partial charge in [-0.2, -0.15) is 0 Å². The van der Waals surface area contributed by atoms with Crippen molar-refractivity contribution in [2.45, 2.75) is 25.8 Å². The first-order valence-electron chi connectivity index (χ1n) is 7.83. The third kappa shape index (κ3) is 4.65. The Bertz CT molecular complexity index is 686. The predicted octanol–water partition coefficient (Wildman–Crippen LogP) is 4.17. The molecule has 0 aliphatic heterocycles. The molecule has 0 spiro atoms. The maximum atomic E-state index is 12.3. The number of carbonyl (C=O) groups excluding carboxylic acids is 1. The molecule has 128 valence electrons. The first kappa shape index (κ1) is 18.1. The van der Waals surface area contributed by atoms with E-state index in [0.717, 1.165) is 17.5 Å². The Balaban J connectivity index is 2.08. The number of amides is 1. The number of carbonyl (C=O) groups is 1. The van der Waals surface area contributed by atoms with Gasteiger partial charge >= 0.3 is 0 Å². The van der Waals surface area contributed by atoms with E-state index in [4.69, 9.17) is 21.1 Å². The van der Waals surface area contributed by atoms with Crippen molar-refractivity contribution in [1.82, 2.24) is 5.32 Å². The first-order valence-corrected chi connectivity index (χ1v) is 8.21. The summed E-state index contributed by atoms with van der Waals surface area (Å²) < 4.78 is 10.6. The molecule has 0 unspecified atom stereocenters. The van der Waals surface area contributed by atoms with Crippen molar-refractivity contribution in [3.8, 4) is 11.5 Å². The predicted molar refractivity (Wildman–Crippen MR) is 95.9 cm³/mol. The number of nitrogens with one attached hydrogen (secondary N) is 1. The lowest BCUT2D eigenvalue weighted by Crippen LogP contribution is -2.29. The Morgan fingerprint density at radius 3 is 2.33 bits per heavy atom. The minimum Gasteiger partial charge on any atom is -0.493 e. The van der Waals surface area contributed by atoms with E-state index in [9.17, 15) is 4.79 Å². The molecule has 0 radical (unpaired) electrons. The molecule has 0 fully saturated rings. The Morgan fingerprint density at radius 1 is 1.08 bits per heavy atom. The van der Waals surface area contributed by atoms with Crippen molar-refractivity contribution < 1.29 is 14.3 Å². The molecule has 5 heteroatoms. The average molecular weight is 348 g/mol. The molecule has 0 bridgehead atoms. The van der Waals surface area contributed by atoms with Gasteiger partial charge < -0.3 is 14.8 Å². The van der Waals surface area contributed by atoms with E-state index < -0.39 is 0 Å². The monoisotopic (exact) mass is 347 g/mol. The molecule has 0 saturated carbocycles. The molecule has 1 amide bonds. The van der Waals surface area contributed by atoms with Crippen molar-refractivity contribution in [1.29, 1.82) is 0 Å². The second-order valence-corrected chi connectivity index (χ2v) is 5.88. The van der Waals surface area contributed by atoms with Gasteiger partial charge in [0.25, 0.3) is 0 Å². The van der Waals surface area contributed by atoms with Crippen molar-refractivity contribution in [3.05, 3.63) is 58.6 Å². The van der Waals surface area contributed by atoms with Gasteiger partial charge in [0.2, 0.25) is 5.91 Å². The highest BCUT2D eigenvalue weighted by molar-refractivity contribution is 6.30. The minimum absolute atomic E-state index is 0.0287. The van der Waals surface area contributed by atoms with Crippen molar-refractivity contribution in [2.75, 3.05) is 14.2 Å². The summed E-state index contributed by atoms with van der Waals surface area (Å²) in [6.07, 6.45) is 1.10. The molecule has 1 N–H and O–H groups in total. The van der Waals surface area contributed by atoms with Crippen molar-refractivity contribution in [2.24, 2.45) is 0 Å². The zero-order valence-electron chi connectivity index (χ0n) is 14.1. The zero-order valence-corrected chi connectivity index (χ0v) is 14.9. The van der Waals surface area contributed by atoms with Crippen LogP contribution in [0, 0.1) is 0 Å². The lowest BCUT2D eigenvalue weighted by Gasteiger charge is -2.19. The molecule has 2 aromatic carbocycles. The maximum absolute atomic E-state index is 12.3. The molecular weight excluding hydrogens is 326 g/mol. The molecule has 0 aliphatic carbocycles. The van der Waals surface area contributed by atoms with Crippen LogP contribution in [0.3, 0.4) is 0 Å². The number of rotatable bonds is 7. The second kappa shape index (κ2) is 8.60. The van der Waals surface area contributed by atoms with Crippen LogP contribution in [0.4, 0.5) is 0 Å². The summed E-state index contributed by atoms with van der Waals surface area (Å²) in [5, 5.41) is 3.73. The second-order valence-electron chi connectivity index (χ2n) is 5.45. The summed E-state index contributed by atoms with van der Waals surface area (Å²) in [6, 6.07) is 12.9. The lowest BCUT2D eigenvalue weighted by molar-refractivity contribution is -0.121. The van der Waals surface area contributed by atoms with Crippen LogP contribution in [0.15, 0.2) is 42.5 Å². The Hall–Kier alpha value is -2.20. The number of halogens is 1. The summed E-state index contributed by atoms with van der Waals surface area (Å²) in [7, 11) is 3.20. The fourth-order valence-electron chi connectivity index (χ4n) is 2.52. The number of hydrogen-bond acceptors (Lipinski definition) is 3. The van der Waals surface area contributed by atoms with Gasteiger partial charge in [0.1, 0.15) is 0 Å². The summed E-state index contributed by atoms with van der Waals surface area (Å²) >= 11 is 5.87. The van der Waals surface area contributed by atoms with Gasteiger partial charge in [-0.05, 0) is 41.8 Å². The SMILES string of the molecule is CC[C@H](NC(=O)Cc1ccc(Cl)cc1)c1ccc(OC)c(OC)c1. The van der Waals surface area contributed by atoms with Gasteiger partial charge in [-0.25, -0.2) is 0 Å². The maximum Gasteiger partial charge on any atom is 0.224 e. The van der Waals surface area contributed by atoms with E-state index in [0.29, 0.717) is 22.9 Å². The number of methoxy groups -OCH3 is 2. The van der Waals surface area contributed by atoms with E-state index >= 15 is 0 Å². The van der Waals surface area contributed by atoms with Crippen LogP contribution in [0.1, 0.15) is 30.5 Å². The molecule has 0 aliphatic rings. The van der Waals surface area contributed by atoms with Gasteiger partial charge in [0, 0.05) is 5.02 Å². The van der Waals surface area contributed by atoms with Crippen LogP contribution in [-0.4, -0.2) is 20.1 Å². The summed E-state index contributed by atoms with van der Waals surface area (Å²) in [4.78, 5) is 12.3. The van der Waals surface area contributed by atoms with Crippen LogP contribution >= 0.6 is 11.6 Å². The number of ether oxygens (including phenoxy) is 2. The molecular formula is C19H22ClNO3. The summed E-state index contributed by atoms with van der Waals surface area (Å²) in [6.45, 7) is 2.03. The van der Waals surface area contributed by atoms with E-state index in [1.165, 1.54) is 0 Å². The smallest absolute Gasteiger partial charge is 0.224 e. The van der Waals surface area contributed by atoms with Crippen molar-refractivity contribution in [3.63, 3.8) is 0 Å². The van der Waals surface area contributed by atoms with Crippen LogP contribution in [0.2, 0.25) is 5.02 Å².